The number of benzene rings is 1. The first-order chi connectivity index (χ1) is 6.64. The van der Waals surface area contributed by atoms with E-state index in [2.05, 4.69) is 26.0 Å². The Bertz CT molecular complexity index is 337. The van der Waals surface area contributed by atoms with Gasteiger partial charge in [-0.25, -0.2) is 0 Å². The normalized spacial score (nSPS) is 32.1. The van der Waals surface area contributed by atoms with Crippen LogP contribution in [-0.4, -0.2) is 16.6 Å². The van der Waals surface area contributed by atoms with Crippen molar-refractivity contribution >= 4 is 11.8 Å². The van der Waals surface area contributed by atoms with E-state index in [0.717, 1.165) is 17.1 Å². The third-order valence-electron chi connectivity index (χ3n) is 3.12. The lowest BCUT2D eigenvalue weighted by Gasteiger charge is -2.28. The van der Waals surface area contributed by atoms with E-state index in [1.807, 2.05) is 23.9 Å². The molecule has 0 bridgehead atoms. The van der Waals surface area contributed by atoms with Crippen molar-refractivity contribution in [1.29, 1.82) is 0 Å². The lowest BCUT2D eigenvalue weighted by atomic mass is 9.83. The summed E-state index contributed by atoms with van der Waals surface area (Å²) in [5.74, 6) is 2.25. The van der Waals surface area contributed by atoms with Gasteiger partial charge in [-0.15, -0.1) is 0 Å². The van der Waals surface area contributed by atoms with Crippen LogP contribution in [0, 0.1) is 12.8 Å². The maximum Gasteiger partial charge on any atom is 0.102 e. The predicted molar refractivity (Wildman–Crippen MR) is 61.6 cm³/mol. The van der Waals surface area contributed by atoms with Crippen molar-refractivity contribution in [3.8, 4) is 0 Å². The highest BCUT2D eigenvalue weighted by Gasteiger charge is 2.40. The molecule has 1 aromatic rings. The van der Waals surface area contributed by atoms with E-state index in [-0.39, 0.29) is 0 Å². The highest BCUT2D eigenvalue weighted by Crippen LogP contribution is 2.42. The summed E-state index contributed by atoms with van der Waals surface area (Å²) in [6.07, 6.45) is 0. The van der Waals surface area contributed by atoms with Crippen molar-refractivity contribution in [2.75, 3.05) is 11.5 Å². The first kappa shape index (κ1) is 10.1. The van der Waals surface area contributed by atoms with E-state index in [0.29, 0.717) is 5.92 Å². The van der Waals surface area contributed by atoms with Crippen molar-refractivity contribution < 1.29 is 5.11 Å². The van der Waals surface area contributed by atoms with Gasteiger partial charge in [-0.1, -0.05) is 31.2 Å². The molecule has 0 amide bonds. The van der Waals surface area contributed by atoms with Gasteiger partial charge in [0.1, 0.15) is 5.60 Å². The third-order valence-corrected chi connectivity index (χ3v) is 4.50. The minimum atomic E-state index is -0.601. The average Bonchev–Trinajstić information content (AvgIpc) is 2.49. The van der Waals surface area contributed by atoms with Gasteiger partial charge in [0.25, 0.3) is 0 Å². The molecule has 2 heteroatoms. The number of rotatable bonds is 1. The van der Waals surface area contributed by atoms with Crippen LogP contribution in [0.5, 0.6) is 0 Å². The van der Waals surface area contributed by atoms with Gasteiger partial charge in [0.2, 0.25) is 0 Å². The molecule has 0 aromatic heterocycles. The molecule has 0 spiro atoms. The Kier molecular flexibility index (Phi) is 2.58. The number of hydrogen-bond donors (Lipinski definition) is 1. The van der Waals surface area contributed by atoms with Gasteiger partial charge in [0.05, 0.1) is 0 Å². The van der Waals surface area contributed by atoms with Crippen LogP contribution < -0.4 is 0 Å². The zero-order chi connectivity index (χ0) is 10.2. The van der Waals surface area contributed by atoms with Crippen LogP contribution in [0.4, 0.5) is 0 Å². The van der Waals surface area contributed by atoms with E-state index >= 15 is 0 Å². The Morgan fingerprint density at radius 1 is 1.43 bits per heavy atom. The molecule has 0 radical (unpaired) electrons. The SMILES string of the molecule is Cc1ccccc1[C@]1(O)CSC[C@H]1C. The summed E-state index contributed by atoms with van der Waals surface area (Å²) in [6, 6.07) is 8.16. The monoisotopic (exact) mass is 208 g/mol. The second kappa shape index (κ2) is 3.59. The van der Waals surface area contributed by atoms with E-state index in [4.69, 9.17) is 0 Å². The Balaban J connectivity index is 2.43. The lowest BCUT2D eigenvalue weighted by Crippen LogP contribution is -2.33. The summed E-state index contributed by atoms with van der Waals surface area (Å²) in [5.41, 5.74) is 1.71. The molecule has 2 atom stereocenters. The van der Waals surface area contributed by atoms with Crippen LogP contribution in [0.3, 0.4) is 0 Å². The summed E-state index contributed by atoms with van der Waals surface area (Å²) in [5, 5.41) is 10.6. The summed E-state index contributed by atoms with van der Waals surface area (Å²) < 4.78 is 0. The summed E-state index contributed by atoms with van der Waals surface area (Å²) >= 11 is 1.84. The number of hydrogen-bond acceptors (Lipinski definition) is 2. The molecule has 14 heavy (non-hydrogen) atoms. The number of aryl methyl sites for hydroxylation is 1. The fourth-order valence-corrected chi connectivity index (χ4v) is 3.57. The molecule has 76 valence electrons. The van der Waals surface area contributed by atoms with Crippen molar-refractivity contribution in [1.82, 2.24) is 0 Å². The fourth-order valence-electron chi connectivity index (χ4n) is 2.07. The third kappa shape index (κ3) is 1.47. The summed E-state index contributed by atoms with van der Waals surface area (Å²) in [7, 11) is 0. The molecule has 1 nitrogen and oxygen atoms in total. The smallest absolute Gasteiger partial charge is 0.102 e. The minimum Gasteiger partial charge on any atom is -0.384 e. The first-order valence-corrected chi connectivity index (χ1v) is 6.16. The number of aliphatic hydroxyl groups is 1. The molecule has 1 aromatic carbocycles. The van der Waals surface area contributed by atoms with Crippen LogP contribution in [0.15, 0.2) is 24.3 Å². The van der Waals surface area contributed by atoms with Gasteiger partial charge in [0, 0.05) is 5.75 Å². The van der Waals surface area contributed by atoms with Crippen molar-refractivity contribution in [3.05, 3.63) is 35.4 Å². The lowest BCUT2D eigenvalue weighted by molar-refractivity contribution is 0.0229. The fraction of sp³-hybridized carbons (Fsp3) is 0.500. The molecule has 1 heterocycles. The largest absolute Gasteiger partial charge is 0.384 e. The van der Waals surface area contributed by atoms with Gasteiger partial charge in [-0.05, 0) is 29.7 Å². The molecule has 1 N–H and O–H groups in total. The second-order valence-electron chi connectivity index (χ2n) is 4.16. The van der Waals surface area contributed by atoms with Crippen molar-refractivity contribution in [2.45, 2.75) is 19.4 Å². The first-order valence-electron chi connectivity index (χ1n) is 5.01. The van der Waals surface area contributed by atoms with E-state index < -0.39 is 5.60 Å². The molecule has 2 rings (SSSR count). The number of thioether (sulfide) groups is 1. The molecular weight excluding hydrogens is 192 g/mol. The van der Waals surface area contributed by atoms with Crippen LogP contribution in [0.25, 0.3) is 0 Å². The predicted octanol–water partition coefficient (Wildman–Crippen LogP) is 2.57. The molecular formula is C12H16OS. The molecule has 0 saturated carbocycles. The highest BCUT2D eigenvalue weighted by molar-refractivity contribution is 7.99. The van der Waals surface area contributed by atoms with Crippen LogP contribution in [-0.2, 0) is 5.60 Å². The summed E-state index contributed by atoms with van der Waals surface area (Å²) in [6.45, 7) is 4.20. The van der Waals surface area contributed by atoms with Crippen LogP contribution >= 0.6 is 11.8 Å². The highest BCUT2D eigenvalue weighted by atomic mass is 32.2. The topological polar surface area (TPSA) is 20.2 Å². The van der Waals surface area contributed by atoms with Gasteiger partial charge in [0.15, 0.2) is 0 Å². The van der Waals surface area contributed by atoms with Gasteiger partial charge in [-0.3, -0.25) is 0 Å². The Labute approximate surface area is 89.5 Å². The van der Waals surface area contributed by atoms with Crippen LogP contribution in [0.1, 0.15) is 18.1 Å². The molecule has 1 aliphatic heterocycles. The molecule has 0 aliphatic carbocycles. The standard InChI is InChI=1S/C12H16OS/c1-9-5-3-4-6-11(9)12(13)8-14-7-10(12)2/h3-6,10,13H,7-8H2,1-2H3/t10-,12+/m1/s1. The second-order valence-corrected chi connectivity index (χ2v) is 5.19. The summed E-state index contributed by atoms with van der Waals surface area (Å²) in [4.78, 5) is 0. The Morgan fingerprint density at radius 3 is 2.71 bits per heavy atom. The maximum absolute atomic E-state index is 10.6. The zero-order valence-corrected chi connectivity index (χ0v) is 9.47. The molecule has 1 fully saturated rings. The van der Waals surface area contributed by atoms with E-state index in [9.17, 15) is 5.11 Å². The minimum absolute atomic E-state index is 0.355. The Morgan fingerprint density at radius 2 is 2.14 bits per heavy atom. The van der Waals surface area contributed by atoms with Gasteiger partial charge >= 0.3 is 0 Å². The van der Waals surface area contributed by atoms with Crippen molar-refractivity contribution in [2.24, 2.45) is 5.92 Å². The van der Waals surface area contributed by atoms with Crippen molar-refractivity contribution in [3.63, 3.8) is 0 Å². The Hall–Kier alpha value is -0.470. The molecule has 1 aliphatic rings. The maximum atomic E-state index is 10.6. The molecule has 1 saturated heterocycles. The van der Waals surface area contributed by atoms with Crippen LogP contribution in [0.2, 0.25) is 0 Å². The zero-order valence-electron chi connectivity index (χ0n) is 8.66. The van der Waals surface area contributed by atoms with Gasteiger partial charge in [-0.2, -0.15) is 11.8 Å². The quantitative estimate of drug-likeness (QED) is 0.765. The molecule has 0 unspecified atom stereocenters. The van der Waals surface area contributed by atoms with Gasteiger partial charge < -0.3 is 5.11 Å². The average molecular weight is 208 g/mol. The van der Waals surface area contributed by atoms with E-state index in [1.165, 1.54) is 5.56 Å². The van der Waals surface area contributed by atoms with E-state index in [1.54, 1.807) is 0 Å².